The SMILES string of the molecule is COc1cc(F)cc(C2(CN)CC2)c1OC1CC1. The number of methoxy groups -OCH3 is 1. The molecule has 1 aromatic rings. The molecule has 1 aromatic carbocycles. The Morgan fingerprint density at radius 2 is 2.11 bits per heavy atom. The van der Waals surface area contributed by atoms with Crippen LogP contribution in [-0.2, 0) is 5.41 Å². The Bertz CT molecular complexity index is 467. The van der Waals surface area contributed by atoms with E-state index in [-0.39, 0.29) is 17.3 Å². The second kappa shape index (κ2) is 4.12. The van der Waals surface area contributed by atoms with Crippen molar-refractivity contribution >= 4 is 0 Å². The number of hydrogen-bond donors (Lipinski definition) is 1. The van der Waals surface area contributed by atoms with Crippen LogP contribution in [0.4, 0.5) is 4.39 Å². The van der Waals surface area contributed by atoms with Crippen LogP contribution >= 0.6 is 0 Å². The lowest BCUT2D eigenvalue weighted by atomic mass is 9.94. The summed E-state index contributed by atoms with van der Waals surface area (Å²) in [7, 11) is 1.54. The van der Waals surface area contributed by atoms with Crippen LogP contribution in [0.15, 0.2) is 12.1 Å². The Kier molecular flexibility index (Phi) is 2.70. The highest BCUT2D eigenvalue weighted by molar-refractivity contribution is 5.53. The van der Waals surface area contributed by atoms with Gasteiger partial charge in [-0.25, -0.2) is 4.39 Å². The molecule has 2 saturated carbocycles. The molecule has 0 bridgehead atoms. The molecule has 0 radical (unpaired) electrons. The van der Waals surface area contributed by atoms with Crippen molar-refractivity contribution in [3.63, 3.8) is 0 Å². The van der Waals surface area contributed by atoms with Gasteiger partial charge in [0.05, 0.1) is 13.2 Å². The second-order valence-electron chi connectivity index (χ2n) is 5.29. The van der Waals surface area contributed by atoms with E-state index < -0.39 is 0 Å². The first-order valence-corrected chi connectivity index (χ1v) is 6.43. The molecular formula is C14H18FNO2. The molecule has 3 rings (SSSR count). The molecule has 2 aliphatic carbocycles. The largest absolute Gasteiger partial charge is 0.493 e. The highest BCUT2D eigenvalue weighted by Crippen LogP contribution is 2.53. The summed E-state index contributed by atoms with van der Waals surface area (Å²) < 4.78 is 24.8. The topological polar surface area (TPSA) is 44.5 Å². The van der Waals surface area contributed by atoms with E-state index in [1.54, 1.807) is 13.2 Å². The van der Waals surface area contributed by atoms with E-state index >= 15 is 0 Å². The number of ether oxygens (including phenoxy) is 2. The highest BCUT2D eigenvalue weighted by Gasteiger charge is 2.46. The predicted octanol–water partition coefficient (Wildman–Crippen LogP) is 2.37. The van der Waals surface area contributed by atoms with Crippen LogP contribution in [0.5, 0.6) is 11.5 Å². The van der Waals surface area contributed by atoms with E-state index in [0.717, 1.165) is 31.2 Å². The van der Waals surface area contributed by atoms with Gasteiger partial charge in [-0.1, -0.05) is 0 Å². The van der Waals surface area contributed by atoms with Gasteiger partial charge in [0, 0.05) is 23.6 Å². The van der Waals surface area contributed by atoms with E-state index in [1.807, 2.05) is 0 Å². The first-order chi connectivity index (χ1) is 8.68. The van der Waals surface area contributed by atoms with E-state index in [2.05, 4.69) is 0 Å². The monoisotopic (exact) mass is 251 g/mol. The number of rotatable bonds is 5. The molecule has 0 heterocycles. The minimum Gasteiger partial charge on any atom is -0.493 e. The lowest BCUT2D eigenvalue weighted by molar-refractivity contribution is 0.275. The van der Waals surface area contributed by atoms with Crippen molar-refractivity contribution in [1.29, 1.82) is 0 Å². The first kappa shape index (κ1) is 11.8. The molecule has 0 amide bonds. The minimum absolute atomic E-state index is 0.0976. The van der Waals surface area contributed by atoms with Gasteiger partial charge >= 0.3 is 0 Å². The van der Waals surface area contributed by atoms with Gasteiger partial charge in [-0.05, 0) is 31.7 Å². The molecule has 4 heteroatoms. The quantitative estimate of drug-likeness (QED) is 0.873. The number of halogens is 1. The average Bonchev–Trinajstić information content (AvgIpc) is 3.25. The zero-order valence-electron chi connectivity index (χ0n) is 10.5. The molecule has 2 fully saturated rings. The summed E-state index contributed by atoms with van der Waals surface area (Å²) in [5, 5.41) is 0. The van der Waals surface area contributed by atoms with Crippen molar-refractivity contribution in [2.24, 2.45) is 5.73 Å². The van der Waals surface area contributed by atoms with Crippen LogP contribution in [0.2, 0.25) is 0 Å². The Balaban J connectivity index is 2.05. The third kappa shape index (κ3) is 1.94. The number of nitrogens with two attached hydrogens (primary N) is 1. The van der Waals surface area contributed by atoms with Crippen LogP contribution in [0.1, 0.15) is 31.2 Å². The van der Waals surface area contributed by atoms with Gasteiger partial charge in [-0.3, -0.25) is 0 Å². The Labute approximate surface area is 106 Å². The maximum atomic E-state index is 13.7. The third-order valence-electron chi connectivity index (χ3n) is 3.86. The summed E-state index contributed by atoms with van der Waals surface area (Å²) >= 11 is 0. The third-order valence-corrected chi connectivity index (χ3v) is 3.86. The molecule has 0 atom stereocenters. The maximum Gasteiger partial charge on any atom is 0.165 e. The van der Waals surface area contributed by atoms with E-state index in [4.69, 9.17) is 15.2 Å². The van der Waals surface area contributed by atoms with Crippen LogP contribution in [0.25, 0.3) is 0 Å². The normalized spacial score (nSPS) is 20.6. The summed E-state index contributed by atoms with van der Waals surface area (Å²) in [5.74, 6) is 0.894. The van der Waals surface area contributed by atoms with E-state index in [9.17, 15) is 4.39 Å². The fourth-order valence-corrected chi connectivity index (χ4v) is 2.32. The van der Waals surface area contributed by atoms with E-state index in [1.165, 1.54) is 6.07 Å². The van der Waals surface area contributed by atoms with Gasteiger partial charge in [-0.2, -0.15) is 0 Å². The molecule has 3 nitrogen and oxygen atoms in total. The molecule has 0 spiro atoms. The molecule has 98 valence electrons. The molecule has 18 heavy (non-hydrogen) atoms. The van der Waals surface area contributed by atoms with Crippen molar-refractivity contribution in [3.05, 3.63) is 23.5 Å². The molecule has 0 unspecified atom stereocenters. The van der Waals surface area contributed by atoms with Crippen molar-refractivity contribution < 1.29 is 13.9 Å². The predicted molar refractivity (Wildman–Crippen MR) is 66.6 cm³/mol. The summed E-state index contributed by atoms with van der Waals surface area (Å²) in [5.41, 5.74) is 6.62. The Morgan fingerprint density at radius 3 is 2.61 bits per heavy atom. The molecule has 2 aliphatic rings. The van der Waals surface area contributed by atoms with Crippen molar-refractivity contribution in [2.75, 3.05) is 13.7 Å². The van der Waals surface area contributed by atoms with Crippen LogP contribution in [-0.4, -0.2) is 19.8 Å². The van der Waals surface area contributed by atoms with Gasteiger partial charge in [0.1, 0.15) is 5.82 Å². The number of benzene rings is 1. The van der Waals surface area contributed by atoms with Crippen LogP contribution < -0.4 is 15.2 Å². The summed E-state index contributed by atoms with van der Waals surface area (Å²) in [6.07, 6.45) is 4.39. The molecule has 2 N–H and O–H groups in total. The van der Waals surface area contributed by atoms with Crippen molar-refractivity contribution in [1.82, 2.24) is 0 Å². The zero-order valence-corrected chi connectivity index (χ0v) is 10.5. The first-order valence-electron chi connectivity index (χ1n) is 6.43. The number of hydrogen-bond acceptors (Lipinski definition) is 3. The average molecular weight is 251 g/mol. The van der Waals surface area contributed by atoms with Crippen molar-refractivity contribution in [3.8, 4) is 11.5 Å². The molecule has 0 aliphatic heterocycles. The van der Waals surface area contributed by atoms with Gasteiger partial charge in [0.25, 0.3) is 0 Å². The molecule has 0 saturated heterocycles. The van der Waals surface area contributed by atoms with Crippen LogP contribution in [0, 0.1) is 5.82 Å². The lowest BCUT2D eigenvalue weighted by Crippen LogP contribution is -2.21. The fourth-order valence-electron chi connectivity index (χ4n) is 2.32. The highest BCUT2D eigenvalue weighted by atomic mass is 19.1. The maximum absolute atomic E-state index is 13.7. The van der Waals surface area contributed by atoms with Gasteiger partial charge in [-0.15, -0.1) is 0 Å². The summed E-state index contributed by atoms with van der Waals surface area (Å²) in [4.78, 5) is 0. The van der Waals surface area contributed by atoms with Gasteiger partial charge in [0.2, 0.25) is 0 Å². The van der Waals surface area contributed by atoms with Crippen LogP contribution in [0.3, 0.4) is 0 Å². The summed E-state index contributed by atoms with van der Waals surface area (Å²) in [6.45, 7) is 0.528. The second-order valence-corrected chi connectivity index (χ2v) is 5.29. The Morgan fingerprint density at radius 1 is 1.39 bits per heavy atom. The standard InChI is InChI=1S/C14H18FNO2/c1-17-12-7-9(15)6-11(14(8-16)4-5-14)13(12)18-10-2-3-10/h6-7,10H,2-5,8,16H2,1H3. The lowest BCUT2D eigenvalue weighted by Gasteiger charge is -2.20. The molecular weight excluding hydrogens is 233 g/mol. The van der Waals surface area contributed by atoms with Gasteiger partial charge < -0.3 is 15.2 Å². The molecule has 0 aromatic heterocycles. The minimum atomic E-state index is -0.287. The fraction of sp³-hybridized carbons (Fsp3) is 0.571. The van der Waals surface area contributed by atoms with E-state index in [0.29, 0.717) is 18.0 Å². The Hall–Kier alpha value is -1.29. The summed E-state index contributed by atoms with van der Waals surface area (Å²) in [6, 6.07) is 2.94. The van der Waals surface area contributed by atoms with Crippen molar-refractivity contribution in [2.45, 2.75) is 37.2 Å². The van der Waals surface area contributed by atoms with Gasteiger partial charge in [0.15, 0.2) is 11.5 Å². The zero-order chi connectivity index (χ0) is 12.8. The smallest absolute Gasteiger partial charge is 0.165 e.